The van der Waals surface area contributed by atoms with Crippen molar-refractivity contribution in [1.82, 2.24) is 15.0 Å². The van der Waals surface area contributed by atoms with Crippen LogP contribution in [-0.2, 0) is 9.53 Å². The first kappa shape index (κ1) is 26.1. The van der Waals surface area contributed by atoms with Crippen LogP contribution in [-0.4, -0.2) is 32.8 Å². The summed E-state index contributed by atoms with van der Waals surface area (Å²) in [7, 11) is 0. The Hall–Kier alpha value is -4.00. The molecule has 0 saturated heterocycles. The summed E-state index contributed by atoms with van der Waals surface area (Å²) in [6.45, 7) is 3.87. The number of phenolic OH excluding ortho intramolecular Hbond substituents is 1. The lowest BCUT2D eigenvalue weighted by Crippen LogP contribution is -2.19. The number of rotatable bonds is 11. The molecule has 1 aliphatic rings. The van der Waals surface area contributed by atoms with Gasteiger partial charge in [-0.2, -0.15) is 0 Å². The first-order chi connectivity index (χ1) is 18.1. The summed E-state index contributed by atoms with van der Waals surface area (Å²) in [5.74, 6) is 1.41. The summed E-state index contributed by atoms with van der Waals surface area (Å²) in [5.41, 5.74) is 2.24. The van der Waals surface area contributed by atoms with Crippen molar-refractivity contribution in [2.75, 3.05) is 6.79 Å². The predicted molar refractivity (Wildman–Crippen MR) is 144 cm³/mol. The Morgan fingerprint density at radius 3 is 2.49 bits per heavy atom. The molecule has 37 heavy (non-hydrogen) atoms. The normalized spacial score (nSPS) is 13.6. The van der Waals surface area contributed by atoms with Crippen LogP contribution in [0.2, 0.25) is 0 Å². The Labute approximate surface area is 217 Å². The molecule has 1 N–H and O–H groups in total. The predicted octanol–water partition coefficient (Wildman–Crippen LogP) is 6.74. The molecule has 0 bridgehead atoms. The number of hydrogen-bond donors (Lipinski definition) is 1. The Kier molecular flexibility index (Phi) is 9.03. The fourth-order valence-corrected chi connectivity index (χ4v) is 4.12. The zero-order valence-corrected chi connectivity index (χ0v) is 21.4. The quantitative estimate of drug-likeness (QED) is 0.231. The zero-order valence-electron chi connectivity index (χ0n) is 21.4. The maximum absolute atomic E-state index is 12.3. The van der Waals surface area contributed by atoms with E-state index in [0.717, 1.165) is 49.7 Å². The van der Waals surface area contributed by atoms with E-state index in [4.69, 9.17) is 14.5 Å². The lowest BCUT2D eigenvalue weighted by Gasteiger charge is -2.14. The van der Waals surface area contributed by atoms with E-state index in [1.54, 1.807) is 12.1 Å². The van der Waals surface area contributed by atoms with Gasteiger partial charge in [-0.15, -0.1) is 0 Å². The van der Waals surface area contributed by atoms with Crippen LogP contribution in [0.4, 0.5) is 0 Å². The van der Waals surface area contributed by atoms with E-state index in [2.05, 4.69) is 29.0 Å². The number of aromatic hydroxyl groups is 1. The summed E-state index contributed by atoms with van der Waals surface area (Å²) < 4.78 is 10.9. The third-order valence-corrected chi connectivity index (χ3v) is 6.29. The molecule has 7 heteroatoms. The van der Waals surface area contributed by atoms with Gasteiger partial charge in [-0.05, 0) is 37.8 Å². The van der Waals surface area contributed by atoms with Gasteiger partial charge in [-0.1, -0.05) is 75.2 Å². The number of allylic oxidation sites excluding steroid dienone is 4. The average molecular weight is 500 g/mol. The number of benzene rings is 2. The van der Waals surface area contributed by atoms with Gasteiger partial charge < -0.3 is 14.6 Å². The lowest BCUT2D eigenvalue weighted by molar-refractivity contribution is -0.155. The van der Waals surface area contributed by atoms with Crippen LogP contribution in [0.1, 0.15) is 58.2 Å². The minimum atomic E-state index is -0.256. The number of carbonyl (C=O) groups excluding carboxylic acids is 1. The van der Waals surface area contributed by atoms with Gasteiger partial charge in [-0.3, -0.25) is 4.79 Å². The molecule has 0 radical (unpaired) electrons. The van der Waals surface area contributed by atoms with Crippen molar-refractivity contribution in [3.05, 3.63) is 72.6 Å². The standard InChI is InChI=1S/C30H33N3O4/c1-3-5-12-21(4-2)30(35)37-20-36-24-17-18-25(26(34)19-24)29-32-27(22-13-8-6-9-14-22)31-28(33-29)23-15-10-7-11-16-23/h6,8-10,13-19,21,34H,3-5,7,11-12,20H2,1-2H3. The van der Waals surface area contributed by atoms with Crippen LogP contribution in [0.5, 0.6) is 11.5 Å². The first-order valence-corrected chi connectivity index (χ1v) is 12.9. The smallest absolute Gasteiger partial charge is 0.311 e. The van der Waals surface area contributed by atoms with Crippen LogP contribution in [0.3, 0.4) is 0 Å². The monoisotopic (exact) mass is 499 g/mol. The summed E-state index contributed by atoms with van der Waals surface area (Å²) in [6.07, 6.45) is 11.7. The molecule has 1 aromatic heterocycles. The Balaban J connectivity index is 1.54. The molecule has 1 unspecified atom stereocenters. The van der Waals surface area contributed by atoms with Crippen LogP contribution < -0.4 is 4.74 Å². The SMILES string of the molecule is CCCCC(CC)C(=O)OCOc1ccc(-c2nc(C3=CCCC=C3)nc(-c3ccccc3)n2)c(O)c1. The Morgan fingerprint density at radius 2 is 1.78 bits per heavy atom. The van der Waals surface area contributed by atoms with Crippen LogP contribution >= 0.6 is 0 Å². The minimum absolute atomic E-state index is 0.0393. The van der Waals surface area contributed by atoms with Gasteiger partial charge in [0.1, 0.15) is 11.5 Å². The van der Waals surface area contributed by atoms with Gasteiger partial charge in [0.2, 0.25) is 6.79 Å². The molecule has 0 spiro atoms. The molecule has 3 aromatic rings. The number of hydrogen-bond acceptors (Lipinski definition) is 7. The van der Waals surface area contributed by atoms with Crippen LogP contribution in [0, 0.1) is 5.92 Å². The van der Waals surface area contributed by atoms with E-state index >= 15 is 0 Å². The lowest BCUT2D eigenvalue weighted by atomic mass is 10.00. The van der Waals surface area contributed by atoms with E-state index in [1.165, 1.54) is 6.07 Å². The van der Waals surface area contributed by atoms with E-state index in [0.29, 0.717) is 28.8 Å². The Morgan fingerprint density at radius 1 is 1.00 bits per heavy atom. The maximum Gasteiger partial charge on any atom is 0.311 e. The topological polar surface area (TPSA) is 94.4 Å². The summed E-state index contributed by atoms with van der Waals surface area (Å²) in [4.78, 5) is 26.3. The molecular weight excluding hydrogens is 466 g/mol. The number of nitrogens with zero attached hydrogens (tertiary/aromatic N) is 3. The zero-order chi connectivity index (χ0) is 26.0. The van der Waals surface area contributed by atoms with Gasteiger partial charge in [0, 0.05) is 17.2 Å². The fraction of sp³-hybridized carbons (Fsp3) is 0.333. The number of aromatic nitrogens is 3. The fourth-order valence-electron chi connectivity index (χ4n) is 4.12. The third-order valence-electron chi connectivity index (χ3n) is 6.29. The second-order valence-corrected chi connectivity index (χ2v) is 8.96. The molecule has 192 valence electrons. The maximum atomic E-state index is 12.3. The van der Waals surface area contributed by atoms with Gasteiger partial charge >= 0.3 is 5.97 Å². The number of ether oxygens (including phenoxy) is 2. The second kappa shape index (κ2) is 12.8. The molecule has 2 aromatic carbocycles. The molecule has 0 amide bonds. The summed E-state index contributed by atoms with van der Waals surface area (Å²) in [6, 6.07) is 14.6. The highest BCUT2D eigenvalue weighted by Crippen LogP contribution is 2.32. The molecule has 0 fully saturated rings. The molecule has 1 heterocycles. The van der Waals surface area contributed by atoms with E-state index in [9.17, 15) is 9.90 Å². The highest BCUT2D eigenvalue weighted by molar-refractivity contribution is 5.74. The van der Waals surface area contributed by atoms with Crippen molar-refractivity contribution in [2.24, 2.45) is 5.92 Å². The van der Waals surface area contributed by atoms with E-state index in [-0.39, 0.29) is 24.4 Å². The number of unbranched alkanes of at least 4 members (excludes halogenated alkanes) is 1. The highest BCUT2D eigenvalue weighted by atomic mass is 16.7. The molecule has 7 nitrogen and oxygen atoms in total. The van der Waals surface area contributed by atoms with Crippen molar-refractivity contribution in [3.8, 4) is 34.3 Å². The largest absolute Gasteiger partial charge is 0.507 e. The minimum Gasteiger partial charge on any atom is -0.507 e. The number of carbonyl (C=O) groups is 1. The van der Waals surface area contributed by atoms with Gasteiger partial charge in [-0.25, -0.2) is 15.0 Å². The van der Waals surface area contributed by atoms with Gasteiger partial charge in [0.25, 0.3) is 0 Å². The van der Waals surface area contributed by atoms with Crippen molar-refractivity contribution in [2.45, 2.75) is 52.4 Å². The van der Waals surface area contributed by atoms with Crippen LogP contribution in [0.15, 0.2) is 66.8 Å². The van der Waals surface area contributed by atoms with Crippen LogP contribution in [0.25, 0.3) is 28.3 Å². The summed E-state index contributed by atoms with van der Waals surface area (Å²) >= 11 is 0. The van der Waals surface area contributed by atoms with E-state index in [1.807, 2.05) is 43.3 Å². The number of phenols is 1. The third kappa shape index (κ3) is 6.82. The van der Waals surface area contributed by atoms with Crippen molar-refractivity contribution in [1.29, 1.82) is 0 Å². The molecule has 0 saturated carbocycles. The number of esters is 1. The average Bonchev–Trinajstić information content (AvgIpc) is 2.94. The van der Waals surface area contributed by atoms with Crippen molar-refractivity contribution < 1.29 is 19.4 Å². The first-order valence-electron chi connectivity index (χ1n) is 12.9. The molecule has 0 aliphatic heterocycles. The molecule has 4 rings (SSSR count). The molecular formula is C30H33N3O4. The molecule has 1 atom stereocenters. The summed E-state index contributed by atoms with van der Waals surface area (Å²) in [5, 5.41) is 10.8. The van der Waals surface area contributed by atoms with E-state index < -0.39 is 0 Å². The Bertz CT molecular complexity index is 1270. The highest BCUT2D eigenvalue weighted by Gasteiger charge is 2.18. The van der Waals surface area contributed by atoms with Crippen molar-refractivity contribution in [3.63, 3.8) is 0 Å². The second-order valence-electron chi connectivity index (χ2n) is 8.96. The van der Waals surface area contributed by atoms with Crippen molar-refractivity contribution >= 4 is 11.5 Å². The van der Waals surface area contributed by atoms with Gasteiger partial charge in [0.15, 0.2) is 17.5 Å². The molecule has 1 aliphatic carbocycles. The van der Waals surface area contributed by atoms with Gasteiger partial charge in [0.05, 0.1) is 11.5 Å².